The molecule has 3 aliphatic heterocycles. The molecule has 1 fully saturated rings. The molecule has 0 aliphatic carbocycles. The van der Waals surface area contributed by atoms with E-state index >= 15 is 0 Å². The van der Waals surface area contributed by atoms with Gasteiger partial charge in [-0.05, 0) is 24.5 Å². The van der Waals surface area contributed by atoms with Crippen LogP contribution in [0.2, 0.25) is 0 Å². The third-order valence-corrected chi connectivity index (χ3v) is 7.84. The van der Waals surface area contributed by atoms with Crippen LogP contribution in [0.1, 0.15) is 37.1 Å². The Labute approximate surface area is 219 Å². The first-order valence-corrected chi connectivity index (χ1v) is 12.9. The summed E-state index contributed by atoms with van der Waals surface area (Å²) >= 11 is 0. The van der Waals surface area contributed by atoms with Crippen molar-refractivity contribution in [3.8, 4) is 0 Å². The second kappa shape index (κ2) is 11.1. The molecule has 1 aromatic carbocycles. The average molecular weight is 531 g/mol. The number of aliphatic imine (C=N–C) groups is 1. The number of aromatic nitrogens is 1. The Morgan fingerprint density at radius 1 is 1.16 bits per heavy atom. The molecular formula is C27H34N2O9. The lowest BCUT2D eigenvalue weighted by molar-refractivity contribution is -0.342. The van der Waals surface area contributed by atoms with Crippen LogP contribution in [0.25, 0.3) is 10.9 Å². The molecule has 1 aromatic heterocycles. The summed E-state index contributed by atoms with van der Waals surface area (Å²) in [7, 11) is 1.31. The van der Waals surface area contributed by atoms with E-state index in [2.05, 4.69) is 11.1 Å². The topological polar surface area (TPSA) is 163 Å². The first-order chi connectivity index (χ1) is 18.4. The fraction of sp³-hybridized carbons (Fsp3) is 0.556. The van der Waals surface area contributed by atoms with Crippen LogP contribution >= 0.6 is 0 Å². The van der Waals surface area contributed by atoms with E-state index in [9.17, 15) is 25.2 Å². The standard InChI is InChI=1S/C27H34N2O9/c1-3-13-16(10-19-21-15(8-9-28-19)14-6-4-5-7-18(14)29-21)17(25(34)35-2)12-36-26(13)38-27-24(33)23(32)22(31)20(11-30)37-27/h4-7,9,12-13,16,19-20,22-24,26-27,29-33H,3,8,10-11H2,1-2H3/t13-,16+,19+,20-,22-,23+,24-,26+,27+/m1/s1. The van der Waals surface area contributed by atoms with E-state index < -0.39 is 49.6 Å². The number of aliphatic hydroxyl groups excluding tert-OH is 4. The number of fused-ring (bicyclic) bond motifs is 3. The zero-order chi connectivity index (χ0) is 27.0. The maximum Gasteiger partial charge on any atom is 0.337 e. The molecule has 11 heteroatoms. The highest BCUT2D eigenvalue weighted by Crippen LogP contribution is 2.43. The third kappa shape index (κ3) is 4.74. The maximum atomic E-state index is 12.8. The zero-order valence-corrected chi connectivity index (χ0v) is 21.3. The quantitative estimate of drug-likeness (QED) is 0.330. The highest BCUT2D eigenvalue weighted by Gasteiger charge is 2.48. The molecule has 38 heavy (non-hydrogen) atoms. The summed E-state index contributed by atoms with van der Waals surface area (Å²) in [4.78, 5) is 21.0. The molecule has 5 rings (SSSR count). The van der Waals surface area contributed by atoms with Crippen molar-refractivity contribution in [2.45, 2.75) is 69.2 Å². The van der Waals surface area contributed by atoms with Crippen LogP contribution in [-0.2, 0) is 30.2 Å². The number of benzene rings is 1. The number of ether oxygens (including phenoxy) is 4. The Kier molecular flexibility index (Phi) is 7.85. The first kappa shape index (κ1) is 26.8. The molecule has 0 saturated carbocycles. The highest BCUT2D eigenvalue weighted by atomic mass is 16.8. The molecule has 3 aliphatic rings. The minimum atomic E-state index is -1.58. The number of hydrogen-bond acceptors (Lipinski definition) is 10. The van der Waals surface area contributed by atoms with Gasteiger partial charge in [-0.25, -0.2) is 4.79 Å². The van der Waals surface area contributed by atoms with Crippen molar-refractivity contribution in [1.29, 1.82) is 0 Å². The molecule has 2 aromatic rings. The second-order valence-corrected chi connectivity index (χ2v) is 9.93. The predicted octanol–water partition coefficient (Wildman–Crippen LogP) is 1.10. The van der Waals surface area contributed by atoms with Crippen molar-refractivity contribution in [2.24, 2.45) is 16.8 Å². The number of hydrogen-bond donors (Lipinski definition) is 5. The number of carbonyl (C=O) groups is 1. The summed E-state index contributed by atoms with van der Waals surface area (Å²) in [6.45, 7) is 1.36. The van der Waals surface area contributed by atoms with Crippen LogP contribution in [0.4, 0.5) is 0 Å². The SMILES string of the molecule is CC[C@H]1[C@H](O[C@@H]2O[C@H](CO)[C@@H](O)[C@H](O)[C@H]2O)OC=C(C(=O)OC)[C@H]1C[C@@H]1N=CCc2c1[nH]c1ccccc21. The van der Waals surface area contributed by atoms with E-state index in [4.69, 9.17) is 23.9 Å². The molecule has 0 unspecified atom stereocenters. The van der Waals surface area contributed by atoms with E-state index in [0.29, 0.717) is 24.8 Å². The monoisotopic (exact) mass is 530 g/mol. The summed E-state index contributed by atoms with van der Waals surface area (Å²) in [5.41, 5.74) is 3.56. The molecule has 9 atom stereocenters. The Bertz CT molecular complexity index is 1210. The average Bonchev–Trinajstić information content (AvgIpc) is 3.33. The fourth-order valence-electron chi connectivity index (χ4n) is 5.78. The molecule has 4 heterocycles. The van der Waals surface area contributed by atoms with Gasteiger partial charge in [0.2, 0.25) is 6.29 Å². The number of aromatic amines is 1. The Balaban J connectivity index is 1.43. The molecule has 206 valence electrons. The van der Waals surface area contributed by atoms with E-state index in [1.54, 1.807) is 0 Å². The van der Waals surface area contributed by atoms with Crippen LogP contribution < -0.4 is 0 Å². The molecule has 1 saturated heterocycles. The summed E-state index contributed by atoms with van der Waals surface area (Å²) in [6.07, 6.45) is -3.16. The zero-order valence-electron chi connectivity index (χ0n) is 21.3. The van der Waals surface area contributed by atoms with Gasteiger partial charge >= 0.3 is 5.97 Å². The van der Waals surface area contributed by atoms with Gasteiger partial charge in [0.1, 0.15) is 24.4 Å². The largest absolute Gasteiger partial charge is 0.472 e. The number of aliphatic hydroxyl groups is 4. The summed E-state index contributed by atoms with van der Waals surface area (Å²) in [5.74, 6) is -1.27. The van der Waals surface area contributed by atoms with Crippen LogP contribution in [0.15, 0.2) is 41.1 Å². The van der Waals surface area contributed by atoms with E-state index in [1.807, 2.05) is 31.3 Å². The van der Waals surface area contributed by atoms with Gasteiger partial charge in [-0.1, -0.05) is 25.1 Å². The van der Waals surface area contributed by atoms with Gasteiger partial charge < -0.3 is 44.4 Å². The van der Waals surface area contributed by atoms with Gasteiger partial charge in [0.25, 0.3) is 0 Å². The highest BCUT2D eigenvalue weighted by molar-refractivity contribution is 5.89. The van der Waals surface area contributed by atoms with Crippen LogP contribution in [-0.4, -0.2) is 88.3 Å². The van der Waals surface area contributed by atoms with Crippen LogP contribution in [0.3, 0.4) is 0 Å². The molecule has 0 amide bonds. The van der Waals surface area contributed by atoms with Gasteiger partial charge in [0.15, 0.2) is 6.29 Å². The minimum Gasteiger partial charge on any atom is -0.472 e. The number of rotatable bonds is 7. The summed E-state index contributed by atoms with van der Waals surface area (Å²) in [5, 5.41) is 41.4. The molecule has 11 nitrogen and oxygen atoms in total. The van der Waals surface area contributed by atoms with Crippen molar-refractivity contribution >= 4 is 23.1 Å². The molecule has 0 bridgehead atoms. The van der Waals surface area contributed by atoms with Crippen LogP contribution in [0.5, 0.6) is 0 Å². The lowest BCUT2D eigenvalue weighted by atomic mass is 9.77. The number of H-pyrrole nitrogens is 1. The van der Waals surface area contributed by atoms with Crippen molar-refractivity contribution in [3.63, 3.8) is 0 Å². The maximum absolute atomic E-state index is 12.8. The Hall–Kier alpha value is -2.80. The van der Waals surface area contributed by atoms with Crippen molar-refractivity contribution < 1.29 is 44.2 Å². The van der Waals surface area contributed by atoms with Crippen molar-refractivity contribution in [1.82, 2.24) is 4.98 Å². The van der Waals surface area contributed by atoms with E-state index in [1.165, 1.54) is 18.9 Å². The lowest BCUT2D eigenvalue weighted by Crippen LogP contribution is -2.60. The van der Waals surface area contributed by atoms with E-state index in [-0.39, 0.29) is 17.9 Å². The molecular weight excluding hydrogens is 496 g/mol. The molecule has 0 spiro atoms. The number of nitrogens with zero attached hydrogens (tertiary/aromatic N) is 1. The van der Waals surface area contributed by atoms with E-state index in [0.717, 1.165) is 16.6 Å². The van der Waals surface area contributed by atoms with Gasteiger partial charge in [-0.2, -0.15) is 0 Å². The molecule has 0 radical (unpaired) electrons. The fourth-order valence-corrected chi connectivity index (χ4v) is 5.78. The van der Waals surface area contributed by atoms with Gasteiger partial charge in [-0.3, -0.25) is 4.99 Å². The van der Waals surface area contributed by atoms with Gasteiger partial charge in [0.05, 0.1) is 31.6 Å². The third-order valence-electron chi connectivity index (χ3n) is 7.84. The summed E-state index contributed by atoms with van der Waals surface area (Å²) in [6, 6.07) is 7.84. The minimum absolute atomic E-state index is 0.246. The lowest BCUT2D eigenvalue weighted by Gasteiger charge is -2.43. The molecule has 5 N–H and O–H groups in total. The predicted molar refractivity (Wildman–Crippen MR) is 135 cm³/mol. The second-order valence-electron chi connectivity index (χ2n) is 9.93. The summed E-state index contributed by atoms with van der Waals surface area (Å²) < 4.78 is 22.4. The first-order valence-electron chi connectivity index (χ1n) is 12.9. The number of carbonyl (C=O) groups excluding carboxylic acids is 1. The van der Waals surface area contributed by atoms with Crippen molar-refractivity contribution in [2.75, 3.05) is 13.7 Å². The Morgan fingerprint density at radius 3 is 2.68 bits per heavy atom. The number of nitrogens with one attached hydrogen (secondary N) is 1. The van der Waals surface area contributed by atoms with Gasteiger partial charge in [0, 0.05) is 41.1 Å². The van der Waals surface area contributed by atoms with Crippen LogP contribution in [0, 0.1) is 11.8 Å². The van der Waals surface area contributed by atoms with Crippen molar-refractivity contribution in [3.05, 3.63) is 47.4 Å². The smallest absolute Gasteiger partial charge is 0.337 e. The number of esters is 1. The van der Waals surface area contributed by atoms with Gasteiger partial charge in [-0.15, -0.1) is 0 Å². The number of para-hydroxylation sites is 1. The number of methoxy groups -OCH3 is 1. The normalized spacial score (nSPS) is 34.9. The Morgan fingerprint density at radius 2 is 1.95 bits per heavy atom.